The molecule has 0 bridgehead atoms. The molecule has 3 heterocycles. The van der Waals surface area contributed by atoms with Crippen molar-refractivity contribution in [3.8, 4) is 22.8 Å². The zero-order valence-electron chi connectivity index (χ0n) is 11.9. The van der Waals surface area contributed by atoms with Gasteiger partial charge in [-0.25, -0.2) is 0 Å². The van der Waals surface area contributed by atoms with Gasteiger partial charge in [-0.2, -0.15) is 4.57 Å². The maximum absolute atomic E-state index is 5.54. The molecule has 1 aromatic heterocycles. The summed E-state index contributed by atoms with van der Waals surface area (Å²) >= 11 is 0. The summed E-state index contributed by atoms with van der Waals surface area (Å²) in [5.74, 6) is 1.73. The lowest BCUT2D eigenvalue weighted by Crippen LogP contribution is -3.00. The van der Waals surface area contributed by atoms with Crippen molar-refractivity contribution in [2.24, 2.45) is 0 Å². The molecule has 3 nitrogen and oxygen atoms in total. The molecule has 0 atom stereocenters. The van der Waals surface area contributed by atoms with Crippen molar-refractivity contribution in [1.82, 2.24) is 0 Å². The lowest BCUT2D eigenvalue weighted by atomic mass is 9.95. The fraction of sp³-hybridized carbons (Fsp3) is 0.167. The highest BCUT2D eigenvalue weighted by Gasteiger charge is 2.27. The highest BCUT2D eigenvalue weighted by molar-refractivity contribution is 5.84. The van der Waals surface area contributed by atoms with Crippen LogP contribution in [0.1, 0.15) is 5.56 Å². The van der Waals surface area contributed by atoms with Crippen LogP contribution in [0.5, 0.6) is 11.5 Å². The molecule has 3 aromatic rings. The molecule has 2 aromatic carbocycles. The maximum atomic E-state index is 5.54. The van der Waals surface area contributed by atoms with Gasteiger partial charge in [0, 0.05) is 17.9 Å². The SMILES string of the molecule is [I-].c1ccc2c[n+]3c(cc2c1)-c1cc2c(cc1CC3)OCO2. The fourth-order valence-corrected chi connectivity index (χ4v) is 3.32. The third-order valence-electron chi connectivity index (χ3n) is 4.39. The van der Waals surface area contributed by atoms with Crippen molar-refractivity contribution in [1.29, 1.82) is 0 Å². The summed E-state index contributed by atoms with van der Waals surface area (Å²) in [7, 11) is 0. The summed E-state index contributed by atoms with van der Waals surface area (Å²) in [6.45, 7) is 1.34. The van der Waals surface area contributed by atoms with Gasteiger partial charge in [0.2, 0.25) is 12.5 Å². The van der Waals surface area contributed by atoms with Gasteiger partial charge in [0.05, 0.1) is 5.56 Å². The number of nitrogens with zero attached hydrogens (tertiary/aromatic N) is 1. The molecule has 0 fully saturated rings. The number of hydrogen-bond donors (Lipinski definition) is 0. The van der Waals surface area contributed by atoms with Crippen molar-refractivity contribution >= 4 is 10.8 Å². The van der Waals surface area contributed by atoms with Crippen LogP contribution in [0, 0.1) is 0 Å². The lowest BCUT2D eigenvalue weighted by molar-refractivity contribution is -0.686. The van der Waals surface area contributed by atoms with Gasteiger partial charge in [0.25, 0.3) is 0 Å². The summed E-state index contributed by atoms with van der Waals surface area (Å²) in [6, 6.07) is 15.0. The first kappa shape index (κ1) is 13.8. The zero-order valence-corrected chi connectivity index (χ0v) is 14.0. The first-order valence-corrected chi connectivity index (χ1v) is 7.24. The summed E-state index contributed by atoms with van der Waals surface area (Å²) in [6.07, 6.45) is 3.28. The molecule has 4 heteroatoms. The van der Waals surface area contributed by atoms with Crippen molar-refractivity contribution in [3.63, 3.8) is 0 Å². The van der Waals surface area contributed by atoms with Crippen LogP contribution in [0.2, 0.25) is 0 Å². The minimum absolute atomic E-state index is 0. The molecule has 0 amide bonds. The molecular weight excluding hydrogens is 389 g/mol. The second kappa shape index (κ2) is 5.12. The van der Waals surface area contributed by atoms with E-state index >= 15 is 0 Å². The molecule has 22 heavy (non-hydrogen) atoms. The average Bonchev–Trinajstić information content (AvgIpc) is 2.98. The van der Waals surface area contributed by atoms with E-state index in [9.17, 15) is 0 Å². The maximum Gasteiger partial charge on any atom is 0.231 e. The van der Waals surface area contributed by atoms with Gasteiger partial charge in [-0.15, -0.1) is 0 Å². The summed E-state index contributed by atoms with van der Waals surface area (Å²) in [4.78, 5) is 0. The number of rotatable bonds is 0. The van der Waals surface area contributed by atoms with E-state index in [1.54, 1.807) is 0 Å². The van der Waals surface area contributed by atoms with Crippen molar-refractivity contribution < 1.29 is 38.0 Å². The number of benzene rings is 2. The van der Waals surface area contributed by atoms with Crippen LogP contribution in [0.25, 0.3) is 22.0 Å². The summed E-state index contributed by atoms with van der Waals surface area (Å²) in [5.41, 5.74) is 3.86. The van der Waals surface area contributed by atoms with Crippen LogP contribution >= 0.6 is 0 Å². The fourth-order valence-electron chi connectivity index (χ4n) is 3.32. The van der Waals surface area contributed by atoms with Gasteiger partial charge >= 0.3 is 0 Å². The number of pyridine rings is 1. The molecular formula is C18H14INO2. The van der Waals surface area contributed by atoms with Crippen LogP contribution in [0.15, 0.2) is 48.7 Å². The Morgan fingerprint density at radius 1 is 0.909 bits per heavy atom. The average molecular weight is 403 g/mol. The normalized spacial score (nSPS) is 14.2. The second-order valence-corrected chi connectivity index (χ2v) is 5.59. The quantitative estimate of drug-likeness (QED) is 0.392. The Hall–Kier alpha value is -1.82. The molecule has 0 saturated heterocycles. The van der Waals surface area contributed by atoms with E-state index in [0.717, 1.165) is 24.5 Å². The number of halogens is 1. The Morgan fingerprint density at radius 3 is 2.55 bits per heavy atom. The number of hydrogen-bond acceptors (Lipinski definition) is 2. The van der Waals surface area contributed by atoms with E-state index in [1.807, 2.05) is 0 Å². The highest BCUT2D eigenvalue weighted by atomic mass is 127. The second-order valence-electron chi connectivity index (χ2n) is 5.59. The Kier molecular flexibility index (Phi) is 3.22. The molecule has 0 spiro atoms. The number of ether oxygens (including phenoxy) is 2. The van der Waals surface area contributed by atoms with Crippen LogP contribution in [-0.4, -0.2) is 6.79 Å². The van der Waals surface area contributed by atoms with E-state index in [-0.39, 0.29) is 24.0 Å². The first-order valence-electron chi connectivity index (χ1n) is 7.24. The molecule has 0 aliphatic carbocycles. The first-order chi connectivity index (χ1) is 10.4. The number of aryl methyl sites for hydroxylation is 2. The molecule has 5 rings (SSSR count). The monoisotopic (exact) mass is 403 g/mol. The van der Waals surface area contributed by atoms with Gasteiger partial charge in [-0.3, -0.25) is 0 Å². The van der Waals surface area contributed by atoms with E-state index < -0.39 is 0 Å². The lowest BCUT2D eigenvalue weighted by Gasteiger charge is -2.16. The molecule has 0 unspecified atom stereocenters. The van der Waals surface area contributed by atoms with Crippen molar-refractivity contribution in [2.45, 2.75) is 13.0 Å². The molecule has 0 radical (unpaired) electrons. The van der Waals surface area contributed by atoms with Crippen LogP contribution in [-0.2, 0) is 13.0 Å². The Bertz CT molecular complexity index is 892. The highest BCUT2D eigenvalue weighted by Crippen LogP contribution is 2.39. The van der Waals surface area contributed by atoms with E-state index in [4.69, 9.17) is 9.47 Å². The summed E-state index contributed by atoms with van der Waals surface area (Å²) in [5, 5.41) is 2.56. The number of aromatic nitrogens is 1. The van der Waals surface area contributed by atoms with Gasteiger partial charge in [-0.1, -0.05) is 18.2 Å². The van der Waals surface area contributed by atoms with Gasteiger partial charge < -0.3 is 33.5 Å². The van der Waals surface area contributed by atoms with E-state index in [0.29, 0.717) is 6.79 Å². The standard InChI is InChI=1S/C18H14NO2.HI/c1-2-4-14-10-19-6-5-13-8-17-18(21-11-20-17)9-15(13)16(19)7-12(14)3-1;/h1-4,7-10H,5-6,11H2;1H/q+1;/p-1. The largest absolute Gasteiger partial charge is 1.00 e. The number of fused-ring (bicyclic) bond motifs is 5. The minimum atomic E-state index is 0. The topological polar surface area (TPSA) is 22.3 Å². The predicted octanol–water partition coefficient (Wildman–Crippen LogP) is 0.0831. The Labute approximate surface area is 145 Å². The molecule has 0 N–H and O–H groups in total. The zero-order chi connectivity index (χ0) is 13.8. The van der Waals surface area contributed by atoms with Crippen LogP contribution < -0.4 is 38.0 Å². The van der Waals surface area contributed by atoms with Crippen LogP contribution in [0.4, 0.5) is 0 Å². The smallest absolute Gasteiger partial charge is 0.231 e. The molecule has 2 aliphatic heterocycles. The van der Waals surface area contributed by atoms with Gasteiger partial charge in [0.1, 0.15) is 0 Å². The predicted molar refractivity (Wildman–Crippen MR) is 79.4 cm³/mol. The Balaban J connectivity index is 0.00000125. The van der Waals surface area contributed by atoms with Gasteiger partial charge in [0.15, 0.2) is 24.2 Å². The van der Waals surface area contributed by atoms with Crippen molar-refractivity contribution in [3.05, 3.63) is 54.2 Å². The Morgan fingerprint density at radius 2 is 1.68 bits per heavy atom. The minimum Gasteiger partial charge on any atom is -1.00 e. The summed E-state index contributed by atoms with van der Waals surface area (Å²) < 4.78 is 13.4. The van der Waals surface area contributed by atoms with Crippen molar-refractivity contribution in [2.75, 3.05) is 6.79 Å². The molecule has 2 aliphatic rings. The van der Waals surface area contributed by atoms with E-state index in [1.165, 1.54) is 27.6 Å². The molecule has 0 saturated carbocycles. The third-order valence-corrected chi connectivity index (χ3v) is 4.39. The van der Waals surface area contributed by atoms with Crippen LogP contribution in [0.3, 0.4) is 0 Å². The molecule has 110 valence electrons. The van der Waals surface area contributed by atoms with E-state index in [2.05, 4.69) is 53.2 Å². The van der Waals surface area contributed by atoms with Gasteiger partial charge in [-0.05, 0) is 29.1 Å². The third kappa shape index (κ3) is 1.97.